The fraction of sp³-hybridized carbons (Fsp3) is 0.211. The van der Waals surface area contributed by atoms with Crippen molar-refractivity contribution in [3.63, 3.8) is 0 Å². The zero-order chi connectivity index (χ0) is 18.0. The van der Waals surface area contributed by atoms with E-state index in [0.717, 1.165) is 22.3 Å². The minimum atomic E-state index is -0.259. The number of nitrogens with one attached hydrogen (secondary N) is 2. The SMILES string of the molecule is COc1cc(C(=O)Nc2cccc3[nH]c(C)cc23)cc(OC)c1OC. The number of aryl methyl sites for hydroxylation is 1. The van der Waals surface area contributed by atoms with Crippen LogP contribution in [0.3, 0.4) is 0 Å². The molecule has 25 heavy (non-hydrogen) atoms. The highest BCUT2D eigenvalue weighted by Crippen LogP contribution is 2.38. The monoisotopic (exact) mass is 340 g/mol. The zero-order valence-corrected chi connectivity index (χ0v) is 14.6. The number of methoxy groups -OCH3 is 3. The highest BCUT2D eigenvalue weighted by molar-refractivity contribution is 6.09. The van der Waals surface area contributed by atoms with Gasteiger partial charge in [-0.25, -0.2) is 0 Å². The second-order valence-corrected chi connectivity index (χ2v) is 5.59. The number of hydrogen-bond donors (Lipinski definition) is 2. The molecule has 2 aromatic carbocycles. The lowest BCUT2D eigenvalue weighted by Crippen LogP contribution is -2.12. The Bertz CT molecular complexity index is 905. The molecule has 0 bridgehead atoms. The summed E-state index contributed by atoms with van der Waals surface area (Å²) in [4.78, 5) is 16.0. The Hall–Kier alpha value is -3.15. The van der Waals surface area contributed by atoms with Crippen LogP contribution in [0.1, 0.15) is 16.1 Å². The molecule has 3 rings (SSSR count). The van der Waals surface area contributed by atoms with Crippen molar-refractivity contribution < 1.29 is 19.0 Å². The van der Waals surface area contributed by atoms with Crippen LogP contribution in [0.4, 0.5) is 5.69 Å². The van der Waals surface area contributed by atoms with E-state index in [2.05, 4.69) is 10.3 Å². The van der Waals surface area contributed by atoms with Crippen LogP contribution >= 0.6 is 0 Å². The van der Waals surface area contributed by atoms with E-state index in [-0.39, 0.29) is 5.91 Å². The van der Waals surface area contributed by atoms with Crippen molar-refractivity contribution in [1.82, 2.24) is 4.98 Å². The first-order valence-electron chi connectivity index (χ1n) is 7.77. The number of H-pyrrole nitrogens is 1. The summed E-state index contributed by atoms with van der Waals surface area (Å²) >= 11 is 0. The van der Waals surface area contributed by atoms with Gasteiger partial charge in [-0.15, -0.1) is 0 Å². The molecule has 3 aromatic rings. The first-order valence-corrected chi connectivity index (χ1v) is 7.77. The summed E-state index contributed by atoms with van der Waals surface area (Å²) in [6, 6.07) is 11.0. The quantitative estimate of drug-likeness (QED) is 0.742. The zero-order valence-electron chi connectivity index (χ0n) is 14.6. The van der Waals surface area contributed by atoms with Crippen molar-refractivity contribution in [3.05, 3.63) is 47.7 Å². The fourth-order valence-electron chi connectivity index (χ4n) is 2.81. The number of aromatic nitrogens is 1. The van der Waals surface area contributed by atoms with Gasteiger partial charge in [-0.05, 0) is 37.3 Å². The molecule has 1 heterocycles. The van der Waals surface area contributed by atoms with Gasteiger partial charge in [0.15, 0.2) is 11.5 Å². The number of carbonyl (C=O) groups is 1. The van der Waals surface area contributed by atoms with Crippen LogP contribution in [0.5, 0.6) is 17.2 Å². The summed E-state index contributed by atoms with van der Waals surface area (Å²) in [5.74, 6) is 1.06. The highest BCUT2D eigenvalue weighted by Gasteiger charge is 2.17. The Labute approximate surface area is 145 Å². The number of benzene rings is 2. The van der Waals surface area contributed by atoms with E-state index in [1.807, 2.05) is 31.2 Å². The molecular weight excluding hydrogens is 320 g/mol. The molecule has 0 unspecified atom stereocenters. The molecule has 0 aliphatic heterocycles. The number of ether oxygens (including phenoxy) is 3. The number of amides is 1. The first kappa shape index (κ1) is 16.7. The predicted molar refractivity (Wildman–Crippen MR) is 97.1 cm³/mol. The van der Waals surface area contributed by atoms with Crippen molar-refractivity contribution in [2.75, 3.05) is 26.6 Å². The van der Waals surface area contributed by atoms with Crippen molar-refractivity contribution in [1.29, 1.82) is 0 Å². The molecule has 0 saturated heterocycles. The number of anilines is 1. The lowest BCUT2D eigenvalue weighted by atomic mass is 10.1. The van der Waals surface area contributed by atoms with Gasteiger partial charge in [-0.3, -0.25) is 4.79 Å². The average molecular weight is 340 g/mol. The van der Waals surface area contributed by atoms with Crippen LogP contribution in [0.2, 0.25) is 0 Å². The van der Waals surface area contributed by atoms with Gasteiger partial charge >= 0.3 is 0 Å². The number of aromatic amines is 1. The smallest absolute Gasteiger partial charge is 0.255 e. The minimum Gasteiger partial charge on any atom is -0.493 e. The maximum Gasteiger partial charge on any atom is 0.255 e. The third kappa shape index (κ3) is 3.10. The molecule has 0 aliphatic rings. The van der Waals surface area contributed by atoms with Gasteiger partial charge in [-0.1, -0.05) is 6.07 Å². The summed E-state index contributed by atoms with van der Waals surface area (Å²) in [5.41, 5.74) is 3.16. The van der Waals surface area contributed by atoms with Gasteiger partial charge in [0.25, 0.3) is 5.91 Å². The van der Waals surface area contributed by atoms with Crippen LogP contribution in [-0.2, 0) is 0 Å². The van der Waals surface area contributed by atoms with Crippen LogP contribution < -0.4 is 19.5 Å². The summed E-state index contributed by atoms with van der Waals surface area (Å²) in [6.45, 7) is 1.98. The Balaban J connectivity index is 1.98. The second kappa shape index (κ2) is 6.76. The third-order valence-corrected chi connectivity index (χ3v) is 3.97. The summed E-state index contributed by atoms with van der Waals surface area (Å²) < 4.78 is 15.9. The maximum absolute atomic E-state index is 12.7. The molecule has 6 heteroatoms. The molecule has 0 aliphatic carbocycles. The number of fused-ring (bicyclic) bond motifs is 1. The lowest BCUT2D eigenvalue weighted by Gasteiger charge is -2.14. The van der Waals surface area contributed by atoms with Crippen molar-refractivity contribution >= 4 is 22.5 Å². The van der Waals surface area contributed by atoms with Gasteiger partial charge < -0.3 is 24.5 Å². The van der Waals surface area contributed by atoms with Gasteiger partial charge in [0.05, 0.1) is 27.0 Å². The molecule has 0 radical (unpaired) electrons. The van der Waals surface area contributed by atoms with E-state index >= 15 is 0 Å². The van der Waals surface area contributed by atoms with Crippen molar-refractivity contribution in [2.45, 2.75) is 6.92 Å². The van der Waals surface area contributed by atoms with Gasteiger partial charge in [0.1, 0.15) is 0 Å². The van der Waals surface area contributed by atoms with Crippen LogP contribution in [-0.4, -0.2) is 32.2 Å². The van der Waals surface area contributed by atoms with Gasteiger partial charge in [-0.2, -0.15) is 0 Å². The normalized spacial score (nSPS) is 10.6. The van der Waals surface area contributed by atoms with E-state index in [4.69, 9.17) is 14.2 Å². The molecule has 130 valence electrons. The highest BCUT2D eigenvalue weighted by atomic mass is 16.5. The molecule has 0 fully saturated rings. The van der Waals surface area contributed by atoms with Crippen LogP contribution in [0.15, 0.2) is 36.4 Å². The summed E-state index contributed by atoms with van der Waals surface area (Å²) in [5, 5.41) is 3.90. The maximum atomic E-state index is 12.7. The second-order valence-electron chi connectivity index (χ2n) is 5.59. The van der Waals surface area contributed by atoms with E-state index in [1.165, 1.54) is 21.3 Å². The molecule has 0 atom stereocenters. The summed E-state index contributed by atoms with van der Waals surface area (Å²) in [7, 11) is 4.56. The van der Waals surface area contributed by atoms with Crippen LogP contribution in [0.25, 0.3) is 10.9 Å². The number of hydrogen-bond acceptors (Lipinski definition) is 4. The Morgan fingerprint density at radius 3 is 2.28 bits per heavy atom. The topological polar surface area (TPSA) is 72.6 Å². The first-order chi connectivity index (χ1) is 12.1. The van der Waals surface area contributed by atoms with E-state index in [9.17, 15) is 4.79 Å². The van der Waals surface area contributed by atoms with E-state index in [0.29, 0.717) is 22.8 Å². The molecule has 0 saturated carbocycles. The average Bonchev–Trinajstić information content (AvgIpc) is 3.01. The third-order valence-electron chi connectivity index (χ3n) is 3.97. The molecule has 1 amide bonds. The number of rotatable bonds is 5. The van der Waals surface area contributed by atoms with Crippen molar-refractivity contribution in [2.24, 2.45) is 0 Å². The van der Waals surface area contributed by atoms with E-state index < -0.39 is 0 Å². The number of carbonyl (C=O) groups excluding carboxylic acids is 1. The Morgan fingerprint density at radius 1 is 1.00 bits per heavy atom. The van der Waals surface area contributed by atoms with Gasteiger partial charge in [0, 0.05) is 22.2 Å². The Morgan fingerprint density at radius 2 is 1.68 bits per heavy atom. The minimum absolute atomic E-state index is 0.259. The molecule has 1 aromatic heterocycles. The lowest BCUT2D eigenvalue weighted by molar-refractivity contribution is 0.102. The molecule has 2 N–H and O–H groups in total. The largest absolute Gasteiger partial charge is 0.493 e. The van der Waals surface area contributed by atoms with E-state index in [1.54, 1.807) is 12.1 Å². The fourth-order valence-corrected chi connectivity index (χ4v) is 2.81. The summed E-state index contributed by atoms with van der Waals surface area (Å²) in [6.07, 6.45) is 0. The standard InChI is InChI=1S/C19H20N2O4/c1-11-8-13-14(20-11)6-5-7-15(13)21-19(22)12-9-16(23-2)18(25-4)17(10-12)24-3/h5-10,20H,1-4H3,(H,21,22). The molecular formula is C19H20N2O4. The predicted octanol–water partition coefficient (Wildman–Crippen LogP) is 3.75. The Kier molecular flexibility index (Phi) is 4.52. The molecule has 0 spiro atoms. The van der Waals surface area contributed by atoms with Gasteiger partial charge in [0.2, 0.25) is 5.75 Å². The van der Waals surface area contributed by atoms with Crippen LogP contribution in [0, 0.1) is 6.92 Å². The van der Waals surface area contributed by atoms with Crippen molar-refractivity contribution in [3.8, 4) is 17.2 Å². The molecule has 6 nitrogen and oxygen atoms in total.